The van der Waals surface area contributed by atoms with Gasteiger partial charge in [0, 0.05) is 26.5 Å². The fourth-order valence-electron chi connectivity index (χ4n) is 2.71. The molecule has 26 heavy (non-hydrogen) atoms. The van der Waals surface area contributed by atoms with Gasteiger partial charge in [-0.05, 0) is 25.5 Å². The lowest BCUT2D eigenvalue weighted by Crippen LogP contribution is -2.32. The summed E-state index contributed by atoms with van der Waals surface area (Å²) in [5.41, 5.74) is 1.19. The van der Waals surface area contributed by atoms with Crippen molar-refractivity contribution < 1.29 is 14.2 Å². The molecule has 4 heteroatoms. The van der Waals surface area contributed by atoms with Crippen LogP contribution in [0.4, 0.5) is 0 Å². The molecule has 0 N–H and O–H groups in total. The predicted molar refractivity (Wildman–Crippen MR) is 112 cm³/mol. The molecule has 0 heterocycles. The fourth-order valence-corrected chi connectivity index (χ4v) is 3.46. The first-order chi connectivity index (χ1) is 12.3. The van der Waals surface area contributed by atoms with E-state index in [1.807, 2.05) is 25.1 Å². The van der Waals surface area contributed by atoms with Gasteiger partial charge in [0.1, 0.15) is 6.79 Å². The van der Waals surface area contributed by atoms with Crippen LogP contribution >= 0.6 is 0 Å². The first-order valence-electron chi connectivity index (χ1n) is 9.57. The molecule has 0 radical (unpaired) electrons. The molecule has 0 fully saturated rings. The van der Waals surface area contributed by atoms with Crippen molar-refractivity contribution in [2.75, 3.05) is 20.0 Å². The molecule has 3 atom stereocenters. The molecule has 0 saturated carbocycles. The van der Waals surface area contributed by atoms with Crippen LogP contribution < -0.4 is 0 Å². The van der Waals surface area contributed by atoms with Gasteiger partial charge in [0.25, 0.3) is 0 Å². The van der Waals surface area contributed by atoms with Gasteiger partial charge in [-0.15, -0.1) is 5.92 Å². The standard InChI is InChI=1S/C22H36O3Si/c1-7-11-19(2)22(25-18-23-14-15-26(4,5)6)20(3)16-24-17-21-12-9-8-10-13-21/h8-10,12-13,19-20,22H,14-18H2,1-6H3/t19-,20-,22+/m1/s1. The molecule has 0 aliphatic rings. The van der Waals surface area contributed by atoms with Gasteiger partial charge >= 0.3 is 0 Å². The minimum atomic E-state index is -1.06. The lowest BCUT2D eigenvalue weighted by molar-refractivity contribution is -0.121. The lowest BCUT2D eigenvalue weighted by Gasteiger charge is -2.27. The van der Waals surface area contributed by atoms with E-state index in [4.69, 9.17) is 14.2 Å². The smallest absolute Gasteiger partial charge is 0.147 e. The van der Waals surface area contributed by atoms with Gasteiger partial charge < -0.3 is 14.2 Å². The van der Waals surface area contributed by atoms with Crippen molar-refractivity contribution in [3.8, 4) is 11.8 Å². The maximum Gasteiger partial charge on any atom is 0.147 e. The summed E-state index contributed by atoms with van der Waals surface area (Å²) in [6.07, 6.45) is 0.00473. The molecule has 1 aromatic rings. The molecular weight excluding hydrogens is 340 g/mol. The first-order valence-corrected chi connectivity index (χ1v) is 13.3. The van der Waals surface area contributed by atoms with Crippen molar-refractivity contribution >= 4 is 8.07 Å². The molecule has 0 unspecified atom stereocenters. The van der Waals surface area contributed by atoms with E-state index in [1.165, 1.54) is 5.56 Å². The Morgan fingerprint density at radius 2 is 1.73 bits per heavy atom. The maximum absolute atomic E-state index is 6.05. The quantitative estimate of drug-likeness (QED) is 0.217. The highest BCUT2D eigenvalue weighted by Gasteiger charge is 2.24. The number of hydrogen-bond donors (Lipinski definition) is 0. The zero-order chi connectivity index (χ0) is 19.4. The molecular formula is C22H36O3Si. The van der Waals surface area contributed by atoms with E-state index >= 15 is 0 Å². The summed E-state index contributed by atoms with van der Waals surface area (Å²) < 4.78 is 17.7. The molecule has 0 bridgehead atoms. The minimum absolute atomic E-state index is 0.00473. The van der Waals surface area contributed by atoms with E-state index in [2.05, 4.69) is 57.5 Å². The number of benzene rings is 1. The summed E-state index contributed by atoms with van der Waals surface area (Å²) in [6, 6.07) is 11.4. The van der Waals surface area contributed by atoms with Crippen LogP contribution in [0.2, 0.25) is 25.7 Å². The van der Waals surface area contributed by atoms with Gasteiger partial charge in [-0.2, -0.15) is 0 Å². The van der Waals surface area contributed by atoms with Gasteiger partial charge in [-0.3, -0.25) is 0 Å². The summed E-state index contributed by atoms with van der Waals surface area (Å²) in [4.78, 5) is 0. The second kappa shape index (κ2) is 12.3. The molecule has 3 nitrogen and oxygen atoms in total. The van der Waals surface area contributed by atoms with Gasteiger partial charge in [0.15, 0.2) is 0 Å². The highest BCUT2D eigenvalue weighted by molar-refractivity contribution is 6.76. The second-order valence-corrected chi connectivity index (χ2v) is 13.8. The molecule has 0 aromatic heterocycles. The largest absolute Gasteiger partial charge is 0.376 e. The summed E-state index contributed by atoms with van der Waals surface area (Å²) in [6.45, 7) is 15.6. The van der Waals surface area contributed by atoms with Gasteiger partial charge in [-0.1, -0.05) is 62.8 Å². The Labute approximate surface area is 161 Å². The van der Waals surface area contributed by atoms with Crippen LogP contribution in [0.1, 0.15) is 26.3 Å². The molecule has 0 amide bonds. The van der Waals surface area contributed by atoms with E-state index in [-0.39, 0.29) is 17.9 Å². The van der Waals surface area contributed by atoms with Crippen LogP contribution in [0.15, 0.2) is 30.3 Å². The highest BCUT2D eigenvalue weighted by Crippen LogP contribution is 2.18. The van der Waals surface area contributed by atoms with Gasteiger partial charge in [0.2, 0.25) is 0 Å². The molecule has 1 aromatic carbocycles. The van der Waals surface area contributed by atoms with Crippen LogP contribution in [-0.2, 0) is 20.8 Å². The maximum atomic E-state index is 6.05. The number of hydrogen-bond acceptors (Lipinski definition) is 3. The van der Waals surface area contributed by atoms with Crippen molar-refractivity contribution in [3.05, 3.63) is 35.9 Å². The average Bonchev–Trinajstić information content (AvgIpc) is 2.58. The third-order valence-corrected chi connectivity index (χ3v) is 5.96. The van der Waals surface area contributed by atoms with Crippen LogP contribution in [0.25, 0.3) is 0 Å². The predicted octanol–water partition coefficient (Wildman–Crippen LogP) is 5.20. The second-order valence-electron chi connectivity index (χ2n) is 8.13. The first kappa shape index (κ1) is 22.9. The molecule has 0 aliphatic heterocycles. The Balaban J connectivity index is 2.43. The van der Waals surface area contributed by atoms with Crippen molar-refractivity contribution in [2.24, 2.45) is 11.8 Å². The van der Waals surface area contributed by atoms with E-state index in [1.54, 1.807) is 0 Å². The van der Waals surface area contributed by atoms with Crippen molar-refractivity contribution in [2.45, 2.75) is 59.2 Å². The average molecular weight is 377 g/mol. The zero-order valence-corrected chi connectivity index (χ0v) is 18.4. The minimum Gasteiger partial charge on any atom is -0.376 e. The Morgan fingerprint density at radius 1 is 1.04 bits per heavy atom. The topological polar surface area (TPSA) is 27.7 Å². The summed E-state index contributed by atoms with van der Waals surface area (Å²) in [7, 11) is -1.06. The van der Waals surface area contributed by atoms with Crippen molar-refractivity contribution in [1.29, 1.82) is 0 Å². The van der Waals surface area contributed by atoms with Crippen molar-refractivity contribution in [3.63, 3.8) is 0 Å². The van der Waals surface area contributed by atoms with Crippen LogP contribution in [0, 0.1) is 23.7 Å². The van der Waals surface area contributed by atoms with E-state index in [0.29, 0.717) is 20.0 Å². The SMILES string of the molecule is CC#C[C@@H](C)[C@H](OCOCC[Si](C)(C)C)[C@H](C)COCc1ccccc1. The summed E-state index contributed by atoms with van der Waals surface area (Å²) in [5, 5.41) is 0. The fraction of sp³-hybridized carbons (Fsp3) is 0.636. The molecule has 1 rings (SSSR count). The van der Waals surface area contributed by atoms with Crippen LogP contribution in [-0.4, -0.2) is 34.2 Å². The third-order valence-electron chi connectivity index (χ3n) is 4.26. The third kappa shape index (κ3) is 10.1. The number of rotatable bonds is 12. The van der Waals surface area contributed by atoms with Crippen LogP contribution in [0.3, 0.4) is 0 Å². The Kier molecular flexibility index (Phi) is 10.8. The van der Waals surface area contributed by atoms with E-state index < -0.39 is 8.07 Å². The molecule has 0 spiro atoms. The molecule has 0 aliphatic carbocycles. The molecule has 0 saturated heterocycles. The Hall–Kier alpha value is -1.12. The zero-order valence-electron chi connectivity index (χ0n) is 17.4. The number of ether oxygens (including phenoxy) is 3. The Morgan fingerprint density at radius 3 is 2.35 bits per heavy atom. The lowest BCUT2D eigenvalue weighted by atomic mass is 9.94. The van der Waals surface area contributed by atoms with Crippen LogP contribution in [0.5, 0.6) is 0 Å². The van der Waals surface area contributed by atoms with Gasteiger partial charge in [0.05, 0.1) is 19.3 Å². The summed E-state index contributed by atoms with van der Waals surface area (Å²) >= 11 is 0. The molecule has 146 valence electrons. The monoisotopic (exact) mass is 376 g/mol. The van der Waals surface area contributed by atoms with E-state index in [0.717, 1.165) is 12.7 Å². The van der Waals surface area contributed by atoms with Crippen molar-refractivity contribution in [1.82, 2.24) is 0 Å². The van der Waals surface area contributed by atoms with Gasteiger partial charge in [-0.25, -0.2) is 0 Å². The van der Waals surface area contributed by atoms with E-state index in [9.17, 15) is 0 Å². The Bertz CT molecular complexity index is 542. The normalized spacial score (nSPS) is 15.0. The highest BCUT2D eigenvalue weighted by atomic mass is 28.3. The summed E-state index contributed by atoms with van der Waals surface area (Å²) in [5.74, 6) is 6.62.